The van der Waals surface area contributed by atoms with E-state index < -0.39 is 42.5 Å². The van der Waals surface area contributed by atoms with Crippen molar-refractivity contribution >= 4 is 11.9 Å². The summed E-state index contributed by atoms with van der Waals surface area (Å²) in [7, 11) is 2.28. The molecule has 0 radical (unpaired) electrons. The van der Waals surface area contributed by atoms with Crippen molar-refractivity contribution in [3.8, 4) is 0 Å². The summed E-state index contributed by atoms with van der Waals surface area (Å²) in [6.45, 7) is 0. The number of hydrogen-bond acceptors (Lipinski definition) is 4. The van der Waals surface area contributed by atoms with Gasteiger partial charge in [0.1, 0.15) is 0 Å². The van der Waals surface area contributed by atoms with Crippen molar-refractivity contribution in [1.82, 2.24) is 0 Å². The molecule has 1 aliphatic rings. The fourth-order valence-electron chi connectivity index (χ4n) is 2.01. The Kier molecular flexibility index (Phi) is 3.83. The molecule has 0 amide bonds. The topological polar surface area (TPSA) is 52.6 Å². The van der Waals surface area contributed by atoms with Crippen LogP contribution in [0.5, 0.6) is 0 Å². The van der Waals surface area contributed by atoms with Crippen LogP contribution in [0.1, 0.15) is 19.3 Å². The van der Waals surface area contributed by atoms with Crippen molar-refractivity contribution < 1.29 is 27.8 Å². The zero-order valence-electron chi connectivity index (χ0n) is 9.16. The lowest BCUT2D eigenvalue weighted by Gasteiger charge is -2.31. The summed E-state index contributed by atoms with van der Waals surface area (Å²) >= 11 is 0. The molecule has 0 heterocycles. The van der Waals surface area contributed by atoms with E-state index in [9.17, 15) is 18.4 Å². The molecule has 1 saturated carbocycles. The molecule has 0 aliphatic heterocycles. The number of ether oxygens (including phenoxy) is 2. The number of hydrogen-bond donors (Lipinski definition) is 0. The molecule has 4 nitrogen and oxygen atoms in total. The maximum absolute atomic E-state index is 13.3. The van der Waals surface area contributed by atoms with Crippen molar-refractivity contribution in [2.75, 3.05) is 14.2 Å². The highest BCUT2D eigenvalue weighted by atomic mass is 19.3. The van der Waals surface area contributed by atoms with Crippen molar-refractivity contribution in [2.45, 2.75) is 25.2 Å². The highest BCUT2D eigenvalue weighted by molar-refractivity contribution is 5.76. The highest BCUT2D eigenvalue weighted by Crippen LogP contribution is 2.40. The molecule has 0 aromatic heterocycles. The lowest BCUT2D eigenvalue weighted by molar-refractivity contribution is -0.163. The number of methoxy groups -OCH3 is 2. The van der Waals surface area contributed by atoms with Crippen LogP contribution in [-0.2, 0) is 19.1 Å². The van der Waals surface area contributed by atoms with Gasteiger partial charge in [-0.1, -0.05) is 0 Å². The molecule has 0 unspecified atom stereocenters. The molecule has 16 heavy (non-hydrogen) atoms. The Morgan fingerprint density at radius 1 is 1.06 bits per heavy atom. The van der Waals surface area contributed by atoms with Gasteiger partial charge >= 0.3 is 11.9 Å². The minimum absolute atomic E-state index is 0.0644. The maximum Gasteiger partial charge on any atom is 0.308 e. The van der Waals surface area contributed by atoms with Crippen LogP contribution in [0.4, 0.5) is 8.78 Å². The molecule has 92 valence electrons. The predicted molar refractivity (Wildman–Crippen MR) is 49.8 cm³/mol. The van der Waals surface area contributed by atoms with Gasteiger partial charge < -0.3 is 9.47 Å². The second-order valence-corrected chi connectivity index (χ2v) is 3.94. The zero-order valence-corrected chi connectivity index (χ0v) is 9.16. The number of esters is 2. The first-order chi connectivity index (χ1) is 7.39. The molecule has 0 saturated heterocycles. The Morgan fingerprint density at radius 2 is 1.44 bits per heavy atom. The van der Waals surface area contributed by atoms with E-state index in [1.807, 2.05) is 0 Å². The quantitative estimate of drug-likeness (QED) is 0.680. The van der Waals surface area contributed by atoms with Gasteiger partial charge in [-0.05, 0) is 6.42 Å². The van der Waals surface area contributed by atoms with Crippen LogP contribution in [0.25, 0.3) is 0 Å². The van der Waals surface area contributed by atoms with Crippen LogP contribution in [0.2, 0.25) is 0 Å². The van der Waals surface area contributed by atoms with Crippen LogP contribution >= 0.6 is 0 Å². The van der Waals surface area contributed by atoms with Gasteiger partial charge in [-0.15, -0.1) is 0 Å². The number of alkyl halides is 2. The minimum Gasteiger partial charge on any atom is -0.469 e. The summed E-state index contributed by atoms with van der Waals surface area (Å²) in [5.41, 5.74) is 0. The van der Waals surface area contributed by atoms with Gasteiger partial charge in [0, 0.05) is 12.8 Å². The summed E-state index contributed by atoms with van der Waals surface area (Å²) < 4.78 is 35.4. The molecule has 0 N–H and O–H groups in total. The molecule has 0 spiro atoms. The first-order valence-corrected chi connectivity index (χ1v) is 4.93. The molecule has 0 bridgehead atoms. The van der Waals surface area contributed by atoms with Gasteiger partial charge in [-0.25, -0.2) is 8.78 Å². The SMILES string of the molecule is COC(=O)[C@H]1C[C@H](C(=O)OC)CC(F)(F)C1. The van der Waals surface area contributed by atoms with E-state index in [0.717, 1.165) is 14.2 Å². The fraction of sp³-hybridized carbons (Fsp3) is 0.800. The zero-order chi connectivity index (χ0) is 12.3. The Labute approximate surface area is 91.9 Å². The van der Waals surface area contributed by atoms with Crippen molar-refractivity contribution in [1.29, 1.82) is 0 Å². The summed E-state index contributed by atoms with van der Waals surface area (Å²) in [6, 6.07) is 0. The van der Waals surface area contributed by atoms with Gasteiger partial charge in [-0.2, -0.15) is 0 Å². The van der Waals surface area contributed by atoms with Gasteiger partial charge in [-0.3, -0.25) is 9.59 Å². The van der Waals surface area contributed by atoms with E-state index in [-0.39, 0.29) is 6.42 Å². The first-order valence-electron chi connectivity index (χ1n) is 4.93. The van der Waals surface area contributed by atoms with Crippen molar-refractivity contribution in [2.24, 2.45) is 11.8 Å². The van der Waals surface area contributed by atoms with Gasteiger partial charge in [0.25, 0.3) is 0 Å². The molecule has 1 rings (SSSR count). The largest absolute Gasteiger partial charge is 0.469 e. The van der Waals surface area contributed by atoms with E-state index in [2.05, 4.69) is 9.47 Å². The predicted octanol–water partition coefficient (Wildman–Crippen LogP) is 1.38. The van der Waals surface area contributed by atoms with Crippen molar-refractivity contribution in [3.63, 3.8) is 0 Å². The Bertz CT molecular complexity index is 265. The van der Waals surface area contributed by atoms with Gasteiger partial charge in [0.2, 0.25) is 5.92 Å². The second kappa shape index (κ2) is 4.76. The standard InChI is InChI=1S/C10H14F2O4/c1-15-8(13)6-3-7(9(14)16-2)5-10(11,12)4-6/h6-7H,3-5H2,1-2H3/t6-,7-/m0/s1. The third kappa shape index (κ3) is 2.90. The fourth-order valence-corrected chi connectivity index (χ4v) is 2.01. The van der Waals surface area contributed by atoms with E-state index >= 15 is 0 Å². The molecule has 2 atom stereocenters. The third-order valence-electron chi connectivity index (χ3n) is 2.73. The lowest BCUT2D eigenvalue weighted by atomic mass is 9.79. The van der Waals surface area contributed by atoms with E-state index in [4.69, 9.17) is 0 Å². The number of halogens is 2. The molecule has 1 fully saturated rings. The van der Waals surface area contributed by atoms with Crippen molar-refractivity contribution in [3.05, 3.63) is 0 Å². The minimum atomic E-state index is -3.02. The molecular formula is C10H14F2O4. The Morgan fingerprint density at radius 3 is 1.75 bits per heavy atom. The number of carbonyl (C=O) groups excluding carboxylic acids is 2. The average molecular weight is 236 g/mol. The average Bonchev–Trinajstić information content (AvgIpc) is 2.24. The second-order valence-electron chi connectivity index (χ2n) is 3.94. The summed E-state index contributed by atoms with van der Waals surface area (Å²) in [6.07, 6.45) is -1.06. The van der Waals surface area contributed by atoms with Crippen LogP contribution in [0.15, 0.2) is 0 Å². The highest BCUT2D eigenvalue weighted by Gasteiger charge is 2.46. The summed E-state index contributed by atoms with van der Waals surface area (Å²) in [5, 5.41) is 0. The molecule has 1 aliphatic carbocycles. The number of rotatable bonds is 2. The lowest BCUT2D eigenvalue weighted by Crippen LogP contribution is -2.39. The Hall–Kier alpha value is -1.20. The van der Waals surface area contributed by atoms with Crippen LogP contribution in [0, 0.1) is 11.8 Å². The van der Waals surface area contributed by atoms with Crippen LogP contribution in [-0.4, -0.2) is 32.1 Å². The van der Waals surface area contributed by atoms with E-state index in [0.29, 0.717) is 0 Å². The molecule has 0 aromatic carbocycles. The van der Waals surface area contributed by atoms with E-state index in [1.54, 1.807) is 0 Å². The molecule has 0 aromatic rings. The van der Waals surface area contributed by atoms with Gasteiger partial charge in [0.05, 0.1) is 26.1 Å². The monoisotopic (exact) mass is 236 g/mol. The van der Waals surface area contributed by atoms with Gasteiger partial charge in [0.15, 0.2) is 0 Å². The maximum atomic E-state index is 13.3. The smallest absolute Gasteiger partial charge is 0.308 e. The molecular weight excluding hydrogens is 222 g/mol. The van der Waals surface area contributed by atoms with Crippen LogP contribution in [0.3, 0.4) is 0 Å². The third-order valence-corrected chi connectivity index (χ3v) is 2.73. The normalized spacial score (nSPS) is 28.2. The Balaban J connectivity index is 2.77. The van der Waals surface area contributed by atoms with Crippen LogP contribution < -0.4 is 0 Å². The first kappa shape index (κ1) is 12.9. The van der Waals surface area contributed by atoms with E-state index in [1.165, 1.54) is 0 Å². The summed E-state index contributed by atoms with van der Waals surface area (Å²) in [5.74, 6) is -6.28. The molecule has 6 heteroatoms. The number of carbonyl (C=O) groups is 2. The summed E-state index contributed by atoms with van der Waals surface area (Å²) in [4.78, 5) is 22.4.